The van der Waals surface area contributed by atoms with Crippen molar-refractivity contribution in [3.63, 3.8) is 0 Å². The molecule has 30 heavy (non-hydrogen) atoms. The molecule has 3 N–H and O–H groups in total. The second kappa shape index (κ2) is 9.13. The number of nitrogens with two attached hydrogens (primary N) is 1. The molecule has 1 aromatic heterocycles. The van der Waals surface area contributed by atoms with Gasteiger partial charge >= 0.3 is 5.63 Å². The first-order chi connectivity index (χ1) is 14.5. The van der Waals surface area contributed by atoms with E-state index in [2.05, 4.69) is 54.7 Å². The Morgan fingerprint density at radius 2 is 1.80 bits per heavy atom. The first kappa shape index (κ1) is 20.8. The van der Waals surface area contributed by atoms with Gasteiger partial charge in [0.25, 0.3) is 0 Å². The number of nitrogens with one attached hydrogen (secondary N) is 1. The number of hydrogen-bond acceptors (Lipinski definition) is 3. The van der Waals surface area contributed by atoms with E-state index in [0.29, 0.717) is 12.1 Å². The lowest BCUT2D eigenvalue weighted by atomic mass is 9.97. The predicted octanol–water partition coefficient (Wildman–Crippen LogP) is 1.52. The number of ether oxygens (including phenoxy) is 1. The summed E-state index contributed by atoms with van der Waals surface area (Å²) >= 11 is 0. The van der Waals surface area contributed by atoms with Crippen LogP contribution in [0.1, 0.15) is 35.2 Å². The zero-order valence-corrected chi connectivity index (χ0v) is 18.1. The van der Waals surface area contributed by atoms with Crippen LogP contribution in [0.25, 0.3) is 11.0 Å². The average molecular weight is 409 g/mol. The van der Waals surface area contributed by atoms with E-state index >= 15 is 0 Å². The molecule has 0 radical (unpaired) electrons. The highest BCUT2D eigenvalue weighted by Gasteiger charge is 2.33. The molecule has 5 heteroatoms. The fraction of sp³-hybridized carbons (Fsp3) is 0.400. The molecule has 0 amide bonds. The van der Waals surface area contributed by atoms with Crippen LogP contribution in [0.4, 0.5) is 0 Å². The number of rotatable bonds is 6. The number of morpholine rings is 1. The standard InChI is InChI=1S/C25H30N2O3/c1-17-9-10-22-21(15-23(28)30-25(22)18(17)2)16-26-19(3)24(20-7-5-4-6-8-20)27-11-13-29-14-12-27/h4-10,15,19,24,26H,11-14,16H2,1-3H3/p+2/t19-,24+/m1/s1. The van der Waals surface area contributed by atoms with Crippen molar-refractivity contribution in [1.82, 2.24) is 0 Å². The molecule has 2 atom stereocenters. The molecule has 0 saturated carbocycles. The minimum absolute atomic E-state index is 0.273. The highest BCUT2D eigenvalue weighted by atomic mass is 16.5. The van der Waals surface area contributed by atoms with Crippen LogP contribution in [-0.2, 0) is 11.3 Å². The number of hydrogen-bond donors (Lipinski definition) is 2. The monoisotopic (exact) mass is 408 g/mol. The lowest BCUT2D eigenvalue weighted by Gasteiger charge is -2.34. The molecular formula is C25H32N2O3+2. The Hall–Kier alpha value is -2.47. The Morgan fingerprint density at radius 1 is 1.07 bits per heavy atom. The van der Waals surface area contributed by atoms with E-state index in [0.717, 1.165) is 60.5 Å². The van der Waals surface area contributed by atoms with Crippen molar-refractivity contribution in [2.75, 3.05) is 26.3 Å². The van der Waals surface area contributed by atoms with Crippen LogP contribution >= 0.6 is 0 Å². The van der Waals surface area contributed by atoms with Gasteiger partial charge in [-0.15, -0.1) is 0 Å². The maximum atomic E-state index is 12.2. The second-order valence-corrected chi connectivity index (χ2v) is 8.43. The van der Waals surface area contributed by atoms with Crippen molar-refractivity contribution in [3.05, 3.63) is 81.2 Å². The van der Waals surface area contributed by atoms with Gasteiger partial charge in [0.05, 0.1) is 13.2 Å². The highest BCUT2D eigenvalue weighted by molar-refractivity contribution is 5.83. The third-order valence-electron chi connectivity index (χ3n) is 6.49. The van der Waals surface area contributed by atoms with Crippen LogP contribution in [0.2, 0.25) is 0 Å². The Kier molecular flexibility index (Phi) is 6.32. The quantitative estimate of drug-likeness (QED) is 0.608. The number of quaternary nitrogens is 2. The topological polar surface area (TPSA) is 60.5 Å². The number of fused-ring (bicyclic) bond motifs is 1. The summed E-state index contributed by atoms with van der Waals surface area (Å²) in [6.07, 6.45) is 0. The van der Waals surface area contributed by atoms with Gasteiger partial charge in [0.2, 0.25) is 0 Å². The lowest BCUT2D eigenvalue weighted by molar-refractivity contribution is -0.959. The molecule has 1 saturated heterocycles. The molecule has 158 valence electrons. The van der Waals surface area contributed by atoms with Crippen LogP contribution in [-0.4, -0.2) is 32.3 Å². The third kappa shape index (κ3) is 4.33. The van der Waals surface area contributed by atoms with E-state index in [9.17, 15) is 4.79 Å². The Labute approximate surface area is 177 Å². The van der Waals surface area contributed by atoms with Gasteiger partial charge in [0.1, 0.15) is 31.3 Å². The van der Waals surface area contributed by atoms with Crippen molar-refractivity contribution < 1.29 is 19.4 Å². The molecule has 5 nitrogen and oxygen atoms in total. The van der Waals surface area contributed by atoms with Crippen LogP contribution in [0.3, 0.4) is 0 Å². The molecule has 2 heterocycles. The van der Waals surface area contributed by atoms with Crippen LogP contribution in [0.5, 0.6) is 0 Å². The van der Waals surface area contributed by atoms with Gasteiger partial charge in [-0.2, -0.15) is 0 Å². The predicted molar refractivity (Wildman–Crippen MR) is 118 cm³/mol. The van der Waals surface area contributed by atoms with Gasteiger partial charge in [0, 0.05) is 22.6 Å². The van der Waals surface area contributed by atoms with Gasteiger partial charge in [0.15, 0.2) is 6.04 Å². The highest BCUT2D eigenvalue weighted by Crippen LogP contribution is 2.23. The average Bonchev–Trinajstić information content (AvgIpc) is 2.76. The minimum atomic E-state index is -0.273. The number of aryl methyl sites for hydroxylation is 2. The molecule has 3 aromatic rings. The van der Waals surface area contributed by atoms with Crippen molar-refractivity contribution in [3.8, 4) is 0 Å². The van der Waals surface area contributed by atoms with Crippen molar-refractivity contribution in [2.45, 2.75) is 39.4 Å². The SMILES string of the molecule is Cc1ccc2c(C[NH2+][C@H](C)[C@@H](c3ccccc3)[NH+]3CCOCC3)cc(=O)oc2c1C. The van der Waals surface area contributed by atoms with Gasteiger partial charge < -0.3 is 19.4 Å². The second-order valence-electron chi connectivity index (χ2n) is 8.43. The molecule has 1 aliphatic heterocycles. The zero-order chi connectivity index (χ0) is 21.1. The molecule has 2 aromatic carbocycles. The van der Waals surface area contributed by atoms with Gasteiger partial charge in [-0.1, -0.05) is 42.5 Å². The van der Waals surface area contributed by atoms with Crippen LogP contribution in [0.15, 0.2) is 57.7 Å². The summed E-state index contributed by atoms with van der Waals surface area (Å²) in [7, 11) is 0. The van der Waals surface area contributed by atoms with Gasteiger partial charge in [-0.05, 0) is 31.9 Å². The largest absolute Gasteiger partial charge is 0.422 e. The Balaban J connectivity index is 1.60. The molecule has 4 rings (SSSR count). The molecule has 0 spiro atoms. The van der Waals surface area contributed by atoms with Gasteiger partial charge in [-0.3, -0.25) is 0 Å². The molecule has 1 fully saturated rings. The number of benzene rings is 2. The minimum Gasteiger partial charge on any atom is -0.422 e. The first-order valence-corrected chi connectivity index (χ1v) is 10.9. The van der Waals surface area contributed by atoms with Crippen molar-refractivity contribution in [1.29, 1.82) is 0 Å². The van der Waals surface area contributed by atoms with E-state index in [-0.39, 0.29) is 5.63 Å². The van der Waals surface area contributed by atoms with E-state index in [1.165, 1.54) is 5.56 Å². The van der Waals surface area contributed by atoms with Crippen LogP contribution < -0.4 is 15.8 Å². The van der Waals surface area contributed by atoms with E-state index < -0.39 is 0 Å². The van der Waals surface area contributed by atoms with Crippen molar-refractivity contribution >= 4 is 11.0 Å². The molecule has 0 bridgehead atoms. The fourth-order valence-corrected chi connectivity index (χ4v) is 4.66. The fourth-order valence-electron chi connectivity index (χ4n) is 4.66. The van der Waals surface area contributed by atoms with E-state index in [4.69, 9.17) is 9.15 Å². The summed E-state index contributed by atoms with van der Waals surface area (Å²) in [5.74, 6) is 0. The summed E-state index contributed by atoms with van der Waals surface area (Å²) in [6, 6.07) is 17.4. The van der Waals surface area contributed by atoms with E-state index in [1.54, 1.807) is 11.0 Å². The summed E-state index contributed by atoms with van der Waals surface area (Å²) in [4.78, 5) is 13.8. The maximum Gasteiger partial charge on any atom is 0.336 e. The smallest absolute Gasteiger partial charge is 0.336 e. The van der Waals surface area contributed by atoms with E-state index in [1.807, 2.05) is 13.8 Å². The maximum absolute atomic E-state index is 12.2. The van der Waals surface area contributed by atoms with Crippen molar-refractivity contribution in [2.24, 2.45) is 0 Å². The van der Waals surface area contributed by atoms with Gasteiger partial charge in [-0.25, -0.2) is 4.79 Å². The van der Waals surface area contributed by atoms with Crippen LogP contribution in [0, 0.1) is 13.8 Å². The zero-order valence-electron chi connectivity index (χ0n) is 18.1. The molecule has 0 aliphatic carbocycles. The summed E-state index contributed by atoms with van der Waals surface area (Å²) in [6.45, 7) is 10.8. The lowest BCUT2D eigenvalue weighted by Crippen LogP contribution is -3.17. The third-order valence-corrected chi connectivity index (χ3v) is 6.49. The normalized spacial score (nSPS) is 17.2. The molecule has 0 unspecified atom stereocenters. The summed E-state index contributed by atoms with van der Waals surface area (Å²) < 4.78 is 11.1. The molecular weight excluding hydrogens is 376 g/mol. The Bertz CT molecular complexity index is 1060. The first-order valence-electron chi connectivity index (χ1n) is 10.9. The Morgan fingerprint density at radius 3 is 2.53 bits per heavy atom. The molecule has 1 aliphatic rings. The summed E-state index contributed by atoms with van der Waals surface area (Å²) in [5.41, 5.74) is 5.03. The summed E-state index contributed by atoms with van der Waals surface area (Å²) in [5, 5.41) is 3.40.